The number of aryl methyl sites for hydroxylation is 1. The molecule has 0 aliphatic heterocycles. The molecule has 0 N–H and O–H groups in total. The summed E-state index contributed by atoms with van der Waals surface area (Å²) in [6.07, 6.45) is 2.15. The number of nitriles is 1. The van der Waals surface area contributed by atoms with Crippen molar-refractivity contribution in [1.82, 2.24) is 4.98 Å². The Balaban J connectivity index is 2.32. The second kappa shape index (κ2) is 4.91. The van der Waals surface area contributed by atoms with Gasteiger partial charge >= 0.3 is 0 Å². The van der Waals surface area contributed by atoms with Crippen molar-refractivity contribution in [2.24, 2.45) is 0 Å². The summed E-state index contributed by atoms with van der Waals surface area (Å²) in [5, 5.41) is 12.1. The molecule has 0 saturated heterocycles. The zero-order chi connectivity index (χ0) is 11.4. The van der Waals surface area contributed by atoms with Gasteiger partial charge in [0.2, 0.25) is 0 Å². The molecule has 0 bridgehead atoms. The SMILES string of the molecule is CCCc1nc(-c2cccc(C#N)c2)cs1. The Morgan fingerprint density at radius 2 is 2.31 bits per heavy atom. The molecule has 1 aromatic carbocycles. The van der Waals surface area contributed by atoms with E-state index in [4.69, 9.17) is 5.26 Å². The molecule has 0 atom stereocenters. The summed E-state index contributed by atoms with van der Waals surface area (Å²) < 4.78 is 0. The molecule has 0 aliphatic carbocycles. The van der Waals surface area contributed by atoms with E-state index in [1.165, 1.54) is 5.01 Å². The number of hydrogen-bond acceptors (Lipinski definition) is 3. The van der Waals surface area contributed by atoms with E-state index in [1.54, 1.807) is 11.3 Å². The Morgan fingerprint density at radius 3 is 3.06 bits per heavy atom. The third kappa shape index (κ3) is 2.29. The molecular formula is C13H12N2S. The van der Waals surface area contributed by atoms with Crippen molar-refractivity contribution < 1.29 is 0 Å². The largest absolute Gasteiger partial charge is 0.241 e. The number of rotatable bonds is 3. The van der Waals surface area contributed by atoms with Crippen LogP contribution in [0.25, 0.3) is 11.3 Å². The summed E-state index contributed by atoms with van der Waals surface area (Å²) in [7, 11) is 0. The summed E-state index contributed by atoms with van der Waals surface area (Å²) in [5.41, 5.74) is 2.69. The van der Waals surface area contributed by atoms with E-state index in [9.17, 15) is 0 Å². The molecule has 0 saturated carbocycles. The number of thiazole rings is 1. The minimum atomic E-state index is 0.683. The van der Waals surface area contributed by atoms with Crippen molar-refractivity contribution in [3.05, 3.63) is 40.2 Å². The van der Waals surface area contributed by atoms with Gasteiger partial charge in [-0.3, -0.25) is 0 Å². The maximum atomic E-state index is 8.83. The summed E-state index contributed by atoms with van der Waals surface area (Å²) in [4.78, 5) is 4.55. The van der Waals surface area contributed by atoms with Crippen molar-refractivity contribution in [1.29, 1.82) is 5.26 Å². The molecule has 2 rings (SSSR count). The van der Waals surface area contributed by atoms with Crippen molar-refractivity contribution in [3.8, 4) is 17.3 Å². The van der Waals surface area contributed by atoms with Gasteiger partial charge in [0.1, 0.15) is 0 Å². The average Bonchev–Trinajstić information content (AvgIpc) is 2.78. The second-order valence-corrected chi connectivity index (χ2v) is 4.51. The van der Waals surface area contributed by atoms with Gasteiger partial charge in [-0.2, -0.15) is 5.26 Å². The average molecular weight is 228 g/mol. The topological polar surface area (TPSA) is 36.7 Å². The van der Waals surface area contributed by atoms with Crippen LogP contribution < -0.4 is 0 Å². The molecule has 1 heterocycles. The fraction of sp³-hybridized carbons (Fsp3) is 0.231. The first kappa shape index (κ1) is 10.8. The van der Waals surface area contributed by atoms with Crippen LogP contribution in [-0.2, 0) is 6.42 Å². The predicted molar refractivity (Wildman–Crippen MR) is 66.3 cm³/mol. The van der Waals surface area contributed by atoms with Crippen LogP contribution >= 0.6 is 11.3 Å². The maximum absolute atomic E-state index is 8.83. The van der Waals surface area contributed by atoms with Crippen LogP contribution in [0, 0.1) is 11.3 Å². The Morgan fingerprint density at radius 1 is 1.44 bits per heavy atom. The van der Waals surface area contributed by atoms with Crippen molar-refractivity contribution in [2.45, 2.75) is 19.8 Å². The highest BCUT2D eigenvalue weighted by molar-refractivity contribution is 7.09. The monoisotopic (exact) mass is 228 g/mol. The van der Waals surface area contributed by atoms with Crippen LogP contribution in [0.4, 0.5) is 0 Å². The molecule has 16 heavy (non-hydrogen) atoms. The molecule has 2 aromatic rings. The molecule has 0 spiro atoms. The van der Waals surface area contributed by atoms with Gasteiger partial charge in [-0.05, 0) is 25.0 Å². The van der Waals surface area contributed by atoms with Gasteiger partial charge < -0.3 is 0 Å². The lowest BCUT2D eigenvalue weighted by atomic mass is 10.1. The van der Waals surface area contributed by atoms with E-state index in [1.807, 2.05) is 24.3 Å². The molecule has 0 unspecified atom stereocenters. The van der Waals surface area contributed by atoms with E-state index in [0.29, 0.717) is 5.56 Å². The third-order valence-electron chi connectivity index (χ3n) is 2.30. The van der Waals surface area contributed by atoms with E-state index in [0.717, 1.165) is 24.1 Å². The maximum Gasteiger partial charge on any atom is 0.0991 e. The first-order valence-corrected chi connectivity index (χ1v) is 6.16. The van der Waals surface area contributed by atoms with Crippen LogP contribution in [0.3, 0.4) is 0 Å². The van der Waals surface area contributed by atoms with Crippen molar-refractivity contribution in [3.63, 3.8) is 0 Å². The van der Waals surface area contributed by atoms with Crippen molar-refractivity contribution >= 4 is 11.3 Å². The van der Waals surface area contributed by atoms with Gasteiger partial charge in [-0.25, -0.2) is 4.98 Å². The predicted octanol–water partition coefficient (Wildman–Crippen LogP) is 3.63. The number of benzene rings is 1. The first-order valence-electron chi connectivity index (χ1n) is 5.28. The molecule has 1 aromatic heterocycles. The molecule has 0 fully saturated rings. The smallest absolute Gasteiger partial charge is 0.0991 e. The highest BCUT2D eigenvalue weighted by atomic mass is 32.1. The highest BCUT2D eigenvalue weighted by Gasteiger charge is 2.04. The van der Waals surface area contributed by atoms with E-state index >= 15 is 0 Å². The quantitative estimate of drug-likeness (QED) is 0.804. The van der Waals surface area contributed by atoms with Crippen LogP contribution in [0.2, 0.25) is 0 Å². The Hall–Kier alpha value is -1.66. The summed E-state index contributed by atoms with van der Waals surface area (Å²) in [5.74, 6) is 0. The van der Waals surface area contributed by atoms with Crippen LogP contribution in [-0.4, -0.2) is 4.98 Å². The Labute approximate surface area is 99.2 Å². The van der Waals surface area contributed by atoms with Crippen LogP contribution in [0.15, 0.2) is 29.6 Å². The van der Waals surface area contributed by atoms with Gasteiger partial charge in [-0.15, -0.1) is 11.3 Å². The third-order valence-corrected chi connectivity index (χ3v) is 3.21. The van der Waals surface area contributed by atoms with Gasteiger partial charge in [0, 0.05) is 10.9 Å². The molecule has 2 nitrogen and oxygen atoms in total. The molecule has 0 amide bonds. The number of nitrogens with zero attached hydrogens (tertiary/aromatic N) is 2. The van der Waals surface area contributed by atoms with E-state index in [-0.39, 0.29) is 0 Å². The fourth-order valence-electron chi connectivity index (χ4n) is 1.52. The summed E-state index contributed by atoms with van der Waals surface area (Å²) in [6.45, 7) is 2.15. The van der Waals surface area contributed by atoms with Crippen LogP contribution in [0.5, 0.6) is 0 Å². The molecule has 0 radical (unpaired) electrons. The number of aromatic nitrogens is 1. The minimum Gasteiger partial charge on any atom is -0.241 e. The molecule has 3 heteroatoms. The van der Waals surface area contributed by atoms with Gasteiger partial charge in [0.05, 0.1) is 22.3 Å². The van der Waals surface area contributed by atoms with E-state index in [2.05, 4.69) is 23.4 Å². The van der Waals surface area contributed by atoms with Gasteiger partial charge in [0.25, 0.3) is 0 Å². The zero-order valence-electron chi connectivity index (χ0n) is 9.10. The lowest BCUT2D eigenvalue weighted by Gasteiger charge is -1.96. The van der Waals surface area contributed by atoms with Gasteiger partial charge in [-0.1, -0.05) is 19.1 Å². The zero-order valence-corrected chi connectivity index (χ0v) is 9.92. The summed E-state index contributed by atoms with van der Waals surface area (Å²) in [6, 6.07) is 9.72. The highest BCUT2D eigenvalue weighted by Crippen LogP contribution is 2.23. The Kier molecular flexibility index (Phi) is 3.33. The standard InChI is InChI=1S/C13H12N2S/c1-2-4-13-15-12(9-16-13)11-6-3-5-10(7-11)8-14/h3,5-7,9H,2,4H2,1H3. The molecular weight excluding hydrogens is 216 g/mol. The molecule has 0 aliphatic rings. The summed E-state index contributed by atoms with van der Waals surface area (Å²) >= 11 is 1.69. The minimum absolute atomic E-state index is 0.683. The van der Waals surface area contributed by atoms with Crippen LogP contribution in [0.1, 0.15) is 23.9 Å². The van der Waals surface area contributed by atoms with Gasteiger partial charge in [0.15, 0.2) is 0 Å². The second-order valence-electron chi connectivity index (χ2n) is 3.57. The van der Waals surface area contributed by atoms with E-state index < -0.39 is 0 Å². The van der Waals surface area contributed by atoms with Crippen molar-refractivity contribution in [2.75, 3.05) is 0 Å². The number of hydrogen-bond donors (Lipinski definition) is 0. The lowest BCUT2D eigenvalue weighted by molar-refractivity contribution is 0.910. The first-order chi connectivity index (χ1) is 7.83. The molecule has 80 valence electrons. The Bertz CT molecular complexity index is 523. The normalized spacial score (nSPS) is 10.0. The lowest BCUT2D eigenvalue weighted by Crippen LogP contribution is -1.83. The fourth-order valence-corrected chi connectivity index (χ4v) is 2.43.